The van der Waals surface area contributed by atoms with Gasteiger partial charge in [0.1, 0.15) is 15.7 Å². The van der Waals surface area contributed by atoms with Crippen LogP contribution in [-0.2, 0) is 0 Å². The van der Waals surface area contributed by atoms with Crippen molar-refractivity contribution in [1.82, 2.24) is 10.3 Å². The van der Waals surface area contributed by atoms with Crippen molar-refractivity contribution in [2.45, 2.75) is 25.8 Å². The minimum absolute atomic E-state index is 0.121. The zero-order chi connectivity index (χ0) is 19.7. The van der Waals surface area contributed by atoms with E-state index in [1.807, 2.05) is 6.07 Å². The van der Waals surface area contributed by atoms with Gasteiger partial charge in [0.05, 0.1) is 15.4 Å². The Balaban J connectivity index is 1.57. The van der Waals surface area contributed by atoms with Gasteiger partial charge < -0.3 is 16.0 Å². The molecule has 0 aliphatic carbocycles. The van der Waals surface area contributed by atoms with Gasteiger partial charge in [0, 0.05) is 43.5 Å². The number of rotatable bonds is 5. The molecular weight excluding hydrogens is 393 g/mol. The second-order valence-corrected chi connectivity index (χ2v) is 8.98. The SMILES string of the molecule is CCNC1CCN(c2cc3sc(-c4cc(F)c(N)c(C=NC)c4)nc3s2)CC1. The monoisotopic (exact) mass is 417 g/mol. The fourth-order valence-electron chi connectivity index (χ4n) is 3.60. The van der Waals surface area contributed by atoms with E-state index in [0.29, 0.717) is 11.6 Å². The number of fused-ring (bicyclic) bond motifs is 1. The predicted molar refractivity (Wildman–Crippen MR) is 120 cm³/mol. The van der Waals surface area contributed by atoms with Gasteiger partial charge >= 0.3 is 0 Å². The van der Waals surface area contributed by atoms with Gasteiger partial charge in [-0.2, -0.15) is 0 Å². The maximum absolute atomic E-state index is 14.2. The van der Waals surface area contributed by atoms with Crippen molar-refractivity contribution in [3.8, 4) is 10.6 Å². The van der Waals surface area contributed by atoms with Crippen LogP contribution < -0.4 is 16.0 Å². The molecule has 2 aromatic heterocycles. The van der Waals surface area contributed by atoms with Crippen molar-refractivity contribution in [1.29, 1.82) is 0 Å². The van der Waals surface area contributed by atoms with Crippen LogP contribution in [0.4, 0.5) is 15.1 Å². The number of hydrogen-bond donors (Lipinski definition) is 2. The molecule has 0 atom stereocenters. The number of thiazole rings is 1. The minimum atomic E-state index is -0.435. The van der Waals surface area contributed by atoms with Crippen LogP contribution in [0, 0.1) is 5.82 Å². The maximum Gasteiger partial charge on any atom is 0.147 e. The van der Waals surface area contributed by atoms with E-state index in [-0.39, 0.29) is 5.69 Å². The lowest BCUT2D eigenvalue weighted by Crippen LogP contribution is -2.42. The molecule has 1 fully saturated rings. The lowest BCUT2D eigenvalue weighted by Gasteiger charge is -2.32. The first-order valence-electron chi connectivity index (χ1n) is 9.49. The van der Waals surface area contributed by atoms with Crippen molar-refractivity contribution < 1.29 is 4.39 Å². The van der Waals surface area contributed by atoms with Gasteiger partial charge in [-0.05, 0) is 37.6 Å². The lowest BCUT2D eigenvalue weighted by atomic mass is 10.1. The molecule has 0 unspecified atom stereocenters. The number of benzene rings is 1. The third-order valence-corrected chi connectivity index (χ3v) is 7.32. The topological polar surface area (TPSA) is 66.5 Å². The van der Waals surface area contributed by atoms with Crippen molar-refractivity contribution >= 4 is 49.1 Å². The van der Waals surface area contributed by atoms with Gasteiger partial charge in [0.25, 0.3) is 0 Å². The smallest absolute Gasteiger partial charge is 0.147 e. The molecule has 148 valence electrons. The Morgan fingerprint density at radius 1 is 1.32 bits per heavy atom. The van der Waals surface area contributed by atoms with E-state index < -0.39 is 5.82 Å². The molecule has 3 N–H and O–H groups in total. The number of piperidine rings is 1. The number of nitrogen functional groups attached to an aromatic ring is 1. The summed E-state index contributed by atoms with van der Waals surface area (Å²) in [7, 11) is 1.64. The van der Waals surface area contributed by atoms with E-state index >= 15 is 0 Å². The fraction of sp³-hybridized carbons (Fsp3) is 0.400. The van der Waals surface area contributed by atoms with Gasteiger partial charge in [0.2, 0.25) is 0 Å². The fourth-order valence-corrected chi connectivity index (χ4v) is 5.85. The lowest BCUT2D eigenvalue weighted by molar-refractivity contribution is 0.425. The highest BCUT2D eigenvalue weighted by Crippen LogP contribution is 2.40. The summed E-state index contributed by atoms with van der Waals surface area (Å²) in [5.74, 6) is -0.435. The van der Waals surface area contributed by atoms with Crippen LogP contribution in [0.25, 0.3) is 20.1 Å². The molecule has 1 aliphatic rings. The summed E-state index contributed by atoms with van der Waals surface area (Å²) < 4.78 is 15.3. The number of hydrogen-bond acceptors (Lipinski definition) is 7. The molecular formula is C20H24FN5S2. The van der Waals surface area contributed by atoms with Gasteiger partial charge in [-0.1, -0.05) is 18.3 Å². The molecule has 8 heteroatoms. The molecule has 0 spiro atoms. The highest BCUT2D eigenvalue weighted by molar-refractivity contribution is 7.30. The van der Waals surface area contributed by atoms with Gasteiger partial charge in [0.15, 0.2) is 0 Å². The maximum atomic E-state index is 14.2. The molecule has 3 aromatic rings. The summed E-state index contributed by atoms with van der Waals surface area (Å²) in [6.45, 7) is 5.33. The first kappa shape index (κ1) is 19.3. The molecule has 0 bridgehead atoms. The van der Waals surface area contributed by atoms with Crippen LogP contribution in [0.5, 0.6) is 0 Å². The first-order valence-corrected chi connectivity index (χ1v) is 11.1. The number of nitrogens with two attached hydrogens (primary N) is 1. The summed E-state index contributed by atoms with van der Waals surface area (Å²) in [4.78, 5) is 12.2. The number of halogens is 1. The Hall–Kier alpha value is -2.03. The third-order valence-electron chi connectivity index (χ3n) is 5.05. The third kappa shape index (κ3) is 3.76. The van der Waals surface area contributed by atoms with Crippen LogP contribution >= 0.6 is 22.7 Å². The predicted octanol–water partition coefficient (Wildman–Crippen LogP) is 4.37. The number of thiophene rings is 1. The van der Waals surface area contributed by atoms with Crippen molar-refractivity contribution in [2.75, 3.05) is 37.3 Å². The largest absolute Gasteiger partial charge is 0.396 e. The highest BCUT2D eigenvalue weighted by atomic mass is 32.1. The number of nitrogens with one attached hydrogen (secondary N) is 1. The molecule has 1 aromatic carbocycles. The van der Waals surface area contributed by atoms with Crippen LogP contribution in [0.1, 0.15) is 25.3 Å². The van der Waals surface area contributed by atoms with E-state index in [4.69, 9.17) is 10.7 Å². The van der Waals surface area contributed by atoms with Crippen molar-refractivity contribution in [2.24, 2.45) is 4.99 Å². The van der Waals surface area contributed by atoms with Crippen LogP contribution in [0.15, 0.2) is 23.2 Å². The molecule has 4 rings (SSSR count). The molecule has 1 saturated heterocycles. The first-order chi connectivity index (χ1) is 13.6. The Morgan fingerprint density at radius 2 is 2.11 bits per heavy atom. The Kier molecular flexibility index (Phi) is 5.61. The molecule has 5 nitrogen and oxygen atoms in total. The Morgan fingerprint density at radius 3 is 2.79 bits per heavy atom. The van der Waals surface area contributed by atoms with E-state index in [1.165, 1.54) is 23.9 Å². The molecule has 0 saturated carbocycles. The summed E-state index contributed by atoms with van der Waals surface area (Å²) in [6.07, 6.45) is 3.92. The summed E-state index contributed by atoms with van der Waals surface area (Å²) in [6, 6.07) is 6.15. The normalized spacial score (nSPS) is 15.9. The van der Waals surface area contributed by atoms with Crippen LogP contribution in [0.3, 0.4) is 0 Å². The number of aliphatic imine (C=N–C) groups is 1. The average Bonchev–Trinajstić information content (AvgIpc) is 3.25. The van der Waals surface area contributed by atoms with Crippen molar-refractivity contribution in [3.63, 3.8) is 0 Å². The average molecular weight is 418 g/mol. The Labute approximate surface area is 172 Å². The summed E-state index contributed by atoms with van der Waals surface area (Å²) >= 11 is 3.31. The second-order valence-electron chi connectivity index (χ2n) is 6.94. The van der Waals surface area contributed by atoms with E-state index in [2.05, 4.69) is 28.2 Å². The van der Waals surface area contributed by atoms with Gasteiger partial charge in [-0.15, -0.1) is 11.3 Å². The zero-order valence-electron chi connectivity index (χ0n) is 16.0. The zero-order valence-corrected chi connectivity index (χ0v) is 17.7. The van der Waals surface area contributed by atoms with Crippen LogP contribution in [-0.4, -0.2) is 43.9 Å². The van der Waals surface area contributed by atoms with E-state index in [1.54, 1.807) is 35.9 Å². The minimum Gasteiger partial charge on any atom is -0.396 e. The molecule has 28 heavy (non-hydrogen) atoms. The van der Waals surface area contributed by atoms with Gasteiger partial charge in [-0.25, -0.2) is 9.37 Å². The van der Waals surface area contributed by atoms with Gasteiger partial charge in [-0.3, -0.25) is 4.99 Å². The standard InChI is InChI=1S/C20H24FN5S2/c1-3-24-14-4-6-26(7-5-14)17-10-16-20(28-17)25-19(27-16)12-8-13(11-23-2)18(22)15(21)9-12/h8-11,14,24H,3-7,22H2,1-2H3. The second kappa shape index (κ2) is 8.14. The Bertz CT molecular complexity index is 970. The number of anilines is 2. The number of aromatic nitrogens is 1. The summed E-state index contributed by atoms with van der Waals surface area (Å²) in [5.41, 5.74) is 7.25. The molecule has 0 amide bonds. The van der Waals surface area contributed by atoms with E-state index in [9.17, 15) is 4.39 Å². The van der Waals surface area contributed by atoms with Crippen molar-refractivity contribution in [3.05, 3.63) is 29.6 Å². The summed E-state index contributed by atoms with van der Waals surface area (Å²) in [5, 5.41) is 5.63. The highest BCUT2D eigenvalue weighted by Gasteiger charge is 2.21. The number of nitrogens with zero attached hydrogens (tertiary/aromatic N) is 3. The molecule has 3 heterocycles. The quantitative estimate of drug-likeness (QED) is 0.478. The molecule has 0 radical (unpaired) electrons. The molecule has 1 aliphatic heterocycles. The van der Waals surface area contributed by atoms with E-state index in [0.717, 1.165) is 39.7 Å². The van der Waals surface area contributed by atoms with Crippen LogP contribution in [0.2, 0.25) is 0 Å².